The van der Waals surface area contributed by atoms with Crippen LogP contribution in [0.25, 0.3) is 5.65 Å². The van der Waals surface area contributed by atoms with Gasteiger partial charge in [-0.1, -0.05) is 0 Å². The molecule has 9 heteroatoms. The first-order valence-electron chi connectivity index (χ1n) is 6.22. The minimum absolute atomic E-state index is 0.189. The zero-order valence-corrected chi connectivity index (χ0v) is 12.3. The number of hydrogen-bond donors (Lipinski definition) is 1. The minimum Gasteiger partial charge on any atom is -0.321 e. The summed E-state index contributed by atoms with van der Waals surface area (Å²) in [5, 5.41) is 14.2. The molecule has 0 unspecified atom stereocenters. The van der Waals surface area contributed by atoms with Crippen molar-refractivity contribution in [3.63, 3.8) is 0 Å². The molecule has 0 bridgehead atoms. The Hall–Kier alpha value is -2.81. The van der Waals surface area contributed by atoms with Gasteiger partial charge in [0.05, 0.1) is 4.90 Å². The number of benzene rings is 1. The Kier molecular flexibility index (Phi) is 3.33. The smallest absolute Gasteiger partial charge is 0.276 e. The van der Waals surface area contributed by atoms with E-state index in [2.05, 4.69) is 20.6 Å². The molecule has 0 saturated carbocycles. The van der Waals surface area contributed by atoms with Gasteiger partial charge in [-0.25, -0.2) is 8.42 Å². The summed E-state index contributed by atoms with van der Waals surface area (Å²) in [5.74, 6) is -0.414. The molecule has 2 aromatic heterocycles. The zero-order valence-electron chi connectivity index (χ0n) is 11.5. The maximum absolute atomic E-state index is 12.1. The largest absolute Gasteiger partial charge is 0.321 e. The van der Waals surface area contributed by atoms with E-state index in [4.69, 9.17) is 0 Å². The van der Waals surface area contributed by atoms with Crippen LogP contribution in [0.3, 0.4) is 0 Å². The minimum atomic E-state index is -3.26. The Morgan fingerprint density at radius 2 is 1.86 bits per heavy atom. The fourth-order valence-corrected chi connectivity index (χ4v) is 2.46. The molecule has 3 rings (SSSR count). The van der Waals surface area contributed by atoms with Crippen molar-refractivity contribution >= 4 is 27.1 Å². The van der Waals surface area contributed by atoms with E-state index in [1.807, 2.05) is 0 Å². The van der Waals surface area contributed by atoms with Crippen molar-refractivity contribution in [2.24, 2.45) is 0 Å². The molecule has 0 aliphatic rings. The molecule has 0 aliphatic heterocycles. The van der Waals surface area contributed by atoms with Crippen molar-refractivity contribution < 1.29 is 13.2 Å². The number of aromatic nitrogens is 4. The van der Waals surface area contributed by atoms with Gasteiger partial charge in [-0.3, -0.25) is 4.79 Å². The predicted octanol–water partition coefficient (Wildman–Crippen LogP) is 0.780. The first kappa shape index (κ1) is 14.1. The van der Waals surface area contributed by atoms with E-state index < -0.39 is 15.7 Å². The van der Waals surface area contributed by atoms with Gasteiger partial charge in [0.25, 0.3) is 5.91 Å². The SMILES string of the molecule is CS(=O)(=O)c1ccc(NC(=O)c2ccc3nncn3n2)cc1. The first-order chi connectivity index (χ1) is 10.4. The molecule has 0 saturated heterocycles. The molecule has 2 heterocycles. The second-order valence-electron chi connectivity index (χ2n) is 4.60. The van der Waals surface area contributed by atoms with Crippen LogP contribution >= 0.6 is 0 Å². The van der Waals surface area contributed by atoms with E-state index in [-0.39, 0.29) is 10.6 Å². The molecule has 1 amide bonds. The van der Waals surface area contributed by atoms with E-state index >= 15 is 0 Å². The molecular formula is C13H11N5O3S. The highest BCUT2D eigenvalue weighted by Gasteiger charge is 2.11. The van der Waals surface area contributed by atoms with Crippen LogP contribution in [0.5, 0.6) is 0 Å². The normalized spacial score (nSPS) is 11.5. The van der Waals surface area contributed by atoms with Crippen molar-refractivity contribution in [1.29, 1.82) is 0 Å². The maximum Gasteiger partial charge on any atom is 0.276 e. The van der Waals surface area contributed by atoms with Gasteiger partial charge in [-0.15, -0.1) is 10.2 Å². The predicted molar refractivity (Wildman–Crippen MR) is 78.3 cm³/mol. The first-order valence-corrected chi connectivity index (χ1v) is 8.11. The fraction of sp³-hybridized carbons (Fsp3) is 0.0769. The van der Waals surface area contributed by atoms with Crippen LogP contribution in [0.4, 0.5) is 5.69 Å². The number of rotatable bonds is 3. The van der Waals surface area contributed by atoms with Gasteiger partial charge < -0.3 is 5.32 Å². The van der Waals surface area contributed by atoms with Gasteiger partial charge >= 0.3 is 0 Å². The lowest BCUT2D eigenvalue weighted by Gasteiger charge is -2.05. The van der Waals surface area contributed by atoms with Crippen molar-refractivity contribution in [3.05, 3.63) is 48.4 Å². The Labute approximate surface area is 125 Å². The third-order valence-electron chi connectivity index (χ3n) is 2.93. The van der Waals surface area contributed by atoms with Crippen molar-refractivity contribution in [1.82, 2.24) is 19.8 Å². The Bertz CT molecular complexity index is 947. The van der Waals surface area contributed by atoms with Gasteiger partial charge in [0.15, 0.2) is 15.5 Å². The van der Waals surface area contributed by atoms with Crippen molar-refractivity contribution in [3.8, 4) is 0 Å². The number of nitrogens with one attached hydrogen (secondary N) is 1. The van der Waals surface area contributed by atoms with Crippen LogP contribution < -0.4 is 5.32 Å². The molecule has 1 N–H and O–H groups in total. The molecular weight excluding hydrogens is 306 g/mol. The van der Waals surface area contributed by atoms with Crippen LogP contribution in [0.15, 0.2) is 47.6 Å². The quantitative estimate of drug-likeness (QED) is 0.765. The van der Waals surface area contributed by atoms with Crippen molar-refractivity contribution in [2.75, 3.05) is 11.6 Å². The Morgan fingerprint density at radius 1 is 1.14 bits per heavy atom. The molecule has 22 heavy (non-hydrogen) atoms. The Balaban J connectivity index is 1.81. The summed E-state index contributed by atoms with van der Waals surface area (Å²) >= 11 is 0. The molecule has 3 aromatic rings. The number of carbonyl (C=O) groups excluding carboxylic acids is 1. The molecule has 8 nitrogen and oxygen atoms in total. The van der Waals surface area contributed by atoms with Gasteiger partial charge in [-0.05, 0) is 36.4 Å². The lowest BCUT2D eigenvalue weighted by atomic mass is 10.3. The molecule has 0 fully saturated rings. The van der Waals surface area contributed by atoms with Gasteiger partial charge in [-0.2, -0.15) is 9.61 Å². The van der Waals surface area contributed by atoms with Crippen LogP contribution in [0, 0.1) is 0 Å². The van der Waals surface area contributed by atoms with E-state index in [0.717, 1.165) is 6.26 Å². The third-order valence-corrected chi connectivity index (χ3v) is 4.06. The van der Waals surface area contributed by atoms with Crippen LogP contribution in [0.2, 0.25) is 0 Å². The zero-order chi connectivity index (χ0) is 15.7. The lowest BCUT2D eigenvalue weighted by Crippen LogP contribution is -2.15. The second kappa shape index (κ2) is 5.19. The van der Waals surface area contributed by atoms with Gasteiger partial charge in [0.1, 0.15) is 12.0 Å². The number of amides is 1. The second-order valence-corrected chi connectivity index (χ2v) is 6.62. The summed E-state index contributed by atoms with van der Waals surface area (Å²) in [6, 6.07) is 9.06. The number of sulfone groups is 1. The lowest BCUT2D eigenvalue weighted by molar-refractivity contribution is 0.102. The molecule has 1 aromatic carbocycles. The third kappa shape index (κ3) is 2.79. The molecule has 0 spiro atoms. The monoisotopic (exact) mass is 317 g/mol. The number of nitrogens with zero attached hydrogens (tertiary/aromatic N) is 4. The Morgan fingerprint density at radius 3 is 2.55 bits per heavy atom. The van der Waals surface area contributed by atoms with Crippen molar-refractivity contribution in [2.45, 2.75) is 4.90 Å². The summed E-state index contributed by atoms with van der Waals surface area (Å²) in [6.45, 7) is 0. The summed E-state index contributed by atoms with van der Waals surface area (Å²) in [6.07, 6.45) is 2.52. The average Bonchev–Trinajstić information content (AvgIpc) is 2.94. The topological polar surface area (TPSA) is 106 Å². The average molecular weight is 317 g/mol. The maximum atomic E-state index is 12.1. The van der Waals surface area contributed by atoms with Crippen LogP contribution in [0.1, 0.15) is 10.5 Å². The molecule has 0 atom stereocenters. The standard InChI is InChI=1S/C13H11N5O3S/c1-22(20,21)10-4-2-9(3-5-10)15-13(19)11-6-7-12-16-14-8-18(12)17-11/h2-8H,1H3,(H,15,19). The van der Waals surface area contributed by atoms with Gasteiger partial charge in [0.2, 0.25) is 0 Å². The van der Waals surface area contributed by atoms with E-state index in [1.54, 1.807) is 6.07 Å². The van der Waals surface area contributed by atoms with E-state index in [0.29, 0.717) is 11.3 Å². The molecule has 112 valence electrons. The number of fused-ring (bicyclic) bond motifs is 1. The number of carbonyl (C=O) groups is 1. The van der Waals surface area contributed by atoms with Crippen LogP contribution in [-0.4, -0.2) is 40.4 Å². The van der Waals surface area contributed by atoms with Gasteiger partial charge in [0, 0.05) is 11.9 Å². The van der Waals surface area contributed by atoms with E-state index in [1.165, 1.54) is 41.2 Å². The summed E-state index contributed by atoms with van der Waals surface area (Å²) in [4.78, 5) is 12.3. The highest BCUT2D eigenvalue weighted by atomic mass is 32.2. The molecule has 0 radical (unpaired) electrons. The highest BCUT2D eigenvalue weighted by molar-refractivity contribution is 7.90. The van der Waals surface area contributed by atoms with E-state index in [9.17, 15) is 13.2 Å². The number of anilines is 1. The van der Waals surface area contributed by atoms with Crippen LogP contribution in [-0.2, 0) is 9.84 Å². The summed E-state index contributed by atoms with van der Waals surface area (Å²) in [7, 11) is -3.26. The summed E-state index contributed by atoms with van der Waals surface area (Å²) in [5.41, 5.74) is 1.21. The highest BCUT2D eigenvalue weighted by Crippen LogP contribution is 2.14. The molecule has 0 aliphatic carbocycles. The number of hydrogen-bond acceptors (Lipinski definition) is 6. The fourth-order valence-electron chi connectivity index (χ4n) is 1.83. The summed E-state index contributed by atoms with van der Waals surface area (Å²) < 4.78 is 24.1.